The molecule has 0 bridgehead atoms. The van der Waals surface area contributed by atoms with Crippen molar-refractivity contribution in [1.29, 1.82) is 0 Å². The molecule has 0 aliphatic carbocycles. The van der Waals surface area contributed by atoms with E-state index in [0.717, 1.165) is 0 Å². The van der Waals surface area contributed by atoms with Crippen molar-refractivity contribution in [2.75, 3.05) is 4.72 Å². The molecule has 84 valence electrons. The molecule has 0 saturated heterocycles. The Balaban J connectivity index is 2.33. The van der Waals surface area contributed by atoms with Crippen LogP contribution in [-0.2, 0) is 10.0 Å². The number of nitrogens with one attached hydrogen (secondary N) is 2. The molecule has 16 heavy (non-hydrogen) atoms. The number of hydrogen-bond acceptors (Lipinski definition) is 3. The standard InChI is InChI=1S/C9H8ClN3O2S/c10-7-2-1-3-9(4-7)16(14,15)13-8-5-11-12-6-8/h1-6,13H,(H,11,12). The number of aromatic nitrogens is 2. The van der Waals surface area contributed by atoms with Gasteiger partial charge >= 0.3 is 0 Å². The van der Waals surface area contributed by atoms with E-state index in [0.29, 0.717) is 10.7 Å². The van der Waals surface area contributed by atoms with Gasteiger partial charge in [-0.1, -0.05) is 17.7 Å². The van der Waals surface area contributed by atoms with Gasteiger partial charge in [-0.2, -0.15) is 5.10 Å². The first-order valence-corrected chi connectivity index (χ1v) is 6.21. The van der Waals surface area contributed by atoms with Crippen LogP contribution in [0.3, 0.4) is 0 Å². The van der Waals surface area contributed by atoms with Gasteiger partial charge in [-0.3, -0.25) is 9.82 Å². The van der Waals surface area contributed by atoms with Crippen LogP contribution >= 0.6 is 11.6 Å². The molecule has 1 heterocycles. The lowest BCUT2D eigenvalue weighted by Crippen LogP contribution is -2.12. The minimum absolute atomic E-state index is 0.112. The smallest absolute Gasteiger partial charge is 0.262 e. The summed E-state index contributed by atoms with van der Waals surface area (Å²) >= 11 is 5.72. The number of sulfonamides is 1. The maximum atomic E-state index is 11.8. The summed E-state index contributed by atoms with van der Waals surface area (Å²) in [6, 6.07) is 6.03. The summed E-state index contributed by atoms with van der Waals surface area (Å²) < 4.78 is 26.0. The average Bonchev–Trinajstić information content (AvgIpc) is 2.70. The number of halogens is 1. The van der Waals surface area contributed by atoms with Gasteiger partial charge in [-0.15, -0.1) is 0 Å². The van der Waals surface area contributed by atoms with Gasteiger partial charge in [0.2, 0.25) is 0 Å². The van der Waals surface area contributed by atoms with Crippen LogP contribution in [0.2, 0.25) is 5.02 Å². The highest BCUT2D eigenvalue weighted by Crippen LogP contribution is 2.18. The third-order valence-electron chi connectivity index (χ3n) is 1.86. The van der Waals surface area contributed by atoms with Crippen LogP contribution < -0.4 is 4.72 Å². The number of H-pyrrole nitrogens is 1. The van der Waals surface area contributed by atoms with Crippen LogP contribution in [0.15, 0.2) is 41.6 Å². The third kappa shape index (κ3) is 2.34. The van der Waals surface area contributed by atoms with Gasteiger partial charge in [-0.25, -0.2) is 8.42 Å². The molecule has 0 amide bonds. The summed E-state index contributed by atoms with van der Waals surface area (Å²) in [4.78, 5) is 0.112. The molecular weight excluding hydrogens is 250 g/mol. The SMILES string of the molecule is O=S(=O)(Nc1cn[nH]c1)c1cccc(Cl)c1. The Bertz CT molecular complexity index is 581. The molecular formula is C9H8ClN3O2S. The van der Waals surface area contributed by atoms with Crippen LogP contribution in [-0.4, -0.2) is 18.6 Å². The van der Waals surface area contributed by atoms with Gasteiger partial charge in [0.25, 0.3) is 10.0 Å². The quantitative estimate of drug-likeness (QED) is 0.881. The molecule has 0 unspecified atom stereocenters. The van der Waals surface area contributed by atoms with E-state index in [1.165, 1.54) is 24.5 Å². The van der Waals surface area contributed by atoms with Gasteiger partial charge in [-0.05, 0) is 18.2 Å². The van der Waals surface area contributed by atoms with E-state index >= 15 is 0 Å². The first kappa shape index (κ1) is 11.0. The first-order valence-electron chi connectivity index (χ1n) is 4.35. The summed E-state index contributed by atoms with van der Waals surface area (Å²) in [7, 11) is -3.60. The molecule has 0 atom stereocenters. The summed E-state index contributed by atoms with van der Waals surface area (Å²) in [5, 5.41) is 6.52. The van der Waals surface area contributed by atoms with Gasteiger partial charge < -0.3 is 0 Å². The van der Waals surface area contributed by atoms with Crippen molar-refractivity contribution in [2.24, 2.45) is 0 Å². The lowest BCUT2D eigenvalue weighted by Gasteiger charge is -2.05. The van der Waals surface area contributed by atoms with E-state index < -0.39 is 10.0 Å². The van der Waals surface area contributed by atoms with Gasteiger partial charge in [0.1, 0.15) is 0 Å². The Hall–Kier alpha value is -1.53. The highest BCUT2D eigenvalue weighted by molar-refractivity contribution is 7.92. The second kappa shape index (κ2) is 4.15. The number of anilines is 1. The van der Waals surface area contributed by atoms with Crippen molar-refractivity contribution in [3.8, 4) is 0 Å². The predicted octanol–water partition coefficient (Wildman–Crippen LogP) is 1.86. The highest BCUT2D eigenvalue weighted by atomic mass is 35.5. The summed E-state index contributed by atoms with van der Waals surface area (Å²) in [5.74, 6) is 0. The van der Waals surface area contributed by atoms with E-state index in [2.05, 4.69) is 14.9 Å². The topological polar surface area (TPSA) is 74.8 Å². The molecule has 2 N–H and O–H groups in total. The molecule has 0 fully saturated rings. The Morgan fingerprint density at radius 2 is 2.19 bits per heavy atom. The third-order valence-corrected chi connectivity index (χ3v) is 3.47. The van der Waals surface area contributed by atoms with Crippen LogP contribution in [0.25, 0.3) is 0 Å². The molecule has 0 aliphatic heterocycles. The van der Waals surface area contributed by atoms with Crippen molar-refractivity contribution in [1.82, 2.24) is 10.2 Å². The molecule has 1 aromatic carbocycles. The van der Waals surface area contributed by atoms with Crippen molar-refractivity contribution < 1.29 is 8.42 Å². The van der Waals surface area contributed by atoms with E-state index in [1.54, 1.807) is 12.1 Å². The normalized spacial score (nSPS) is 11.3. The molecule has 0 spiro atoms. The van der Waals surface area contributed by atoms with Gasteiger partial charge in [0.15, 0.2) is 0 Å². The second-order valence-corrected chi connectivity index (χ2v) is 5.17. The minimum atomic E-state index is -3.60. The molecule has 0 aliphatic rings. The predicted molar refractivity (Wildman–Crippen MR) is 60.8 cm³/mol. The van der Waals surface area contributed by atoms with Crippen LogP contribution in [0.5, 0.6) is 0 Å². The maximum Gasteiger partial charge on any atom is 0.262 e. The fourth-order valence-corrected chi connectivity index (χ4v) is 2.49. The molecule has 2 aromatic rings. The molecule has 1 aromatic heterocycles. The van der Waals surface area contributed by atoms with Gasteiger partial charge in [0, 0.05) is 11.2 Å². The Kier molecular flexibility index (Phi) is 2.84. The molecule has 2 rings (SSSR count). The zero-order valence-electron chi connectivity index (χ0n) is 8.01. The number of hydrogen-bond donors (Lipinski definition) is 2. The van der Waals surface area contributed by atoms with E-state index in [-0.39, 0.29) is 4.90 Å². The highest BCUT2D eigenvalue weighted by Gasteiger charge is 2.14. The van der Waals surface area contributed by atoms with E-state index in [9.17, 15) is 8.42 Å². The molecule has 0 radical (unpaired) electrons. The Labute approximate surface area is 97.5 Å². The fourth-order valence-electron chi connectivity index (χ4n) is 1.15. The Morgan fingerprint density at radius 3 is 2.81 bits per heavy atom. The molecule has 0 saturated carbocycles. The van der Waals surface area contributed by atoms with Crippen molar-refractivity contribution >= 4 is 27.3 Å². The average molecular weight is 258 g/mol. The lowest BCUT2D eigenvalue weighted by atomic mass is 10.4. The minimum Gasteiger partial charge on any atom is -0.284 e. The van der Waals surface area contributed by atoms with Crippen LogP contribution in [0.1, 0.15) is 0 Å². The summed E-state index contributed by atoms with van der Waals surface area (Å²) in [6.45, 7) is 0. The van der Waals surface area contributed by atoms with Crippen molar-refractivity contribution in [3.63, 3.8) is 0 Å². The van der Waals surface area contributed by atoms with Crippen molar-refractivity contribution in [3.05, 3.63) is 41.7 Å². The summed E-state index contributed by atoms with van der Waals surface area (Å²) in [6.07, 6.45) is 2.82. The van der Waals surface area contributed by atoms with Crippen molar-refractivity contribution in [2.45, 2.75) is 4.90 Å². The van der Waals surface area contributed by atoms with Gasteiger partial charge in [0.05, 0.1) is 16.8 Å². The van der Waals surface area contributed by atoms with E-state index in [1.807, 2.05) is 0 Å². The van der Waals surface area contributed by atoms with Crippen LogP contribution in [0, 0.1) is 0 Å². The maximum absolute atomic E-state index is 11.8. The number of aromatic amines is 1. The fraction of sp³-hybridized carbons (Fsp3) is 0. The number of benzene rings is 1. The number of rotatable bonds is 3. The molecule has 5 nitrogen and oxygen atoms in total. The number of nitrogens with zero attached hydrogens (tertiary/aromatic N) is 1. The second-order valence-electron chi connectivity index (χ2n) is 3.05. The zero-order chi connectivity index (χ0) is 11.6. The first-order chi connectivity index (χ1) is 7.58. The monoisotopic (exact) mass is 257 g/mol. The zero-order valence-corrected chi connectivity index (χ0v) is 9.59. The largest absolute Gasteiger partial charge is 0.284 e. The van der Waals surface area contributed by atoms with Crippen LogP contribution in [0.4, 0.5) is 5.69 Å². The Morgan fingerprint density at radius 1 is 1.38 bits per heavy atom. The lowest BCUT2D eigenvalue weighted by molar-refractivity contribution is 0.601. The summed E-state index contributed by atoms with van der Waals surface area (Å²) in [5.41, 5.74) is 0.375. The molecule has 7 heteroatoms. The van der Waals surface area contributed by atoms with E-state index in [4.69, 9.17) is 11.6 Å².